The second-order valence-electron chi connectivity index (χ2n) is 2.68. The van der Waals surface area contributed by atoms with Gasteiger partial charge in [0.2, 0.25) is 0 Å². The van der Waals surface area contributed by atoms with Gasteiger partial charge in [-0.2, -0.15) is 0 Å². The Hall–Kier alpha value is -0.600. The highest BCUT2D eigenvalue weighted by molar-refractivity contribution is 6.18. The molecular formula is C9H10ClFO. The van der Waals surface area contributed by atoms with Crippen LogP contribution in [0.4, 0.5) is 4.39 Å². The Kier molecular flexibility index (Phi) is 3.06. The molecule has 0 fully saturated rings. The van der Waals surface area contributed by atoms with Crippen LogP contribution < -0.4 is 0 Å². The van der Waals surface area contributed by atoms with Crippen molar-refractivity contribution in [3.63, 3.8) is 0 Å². The van der Waals surface area contributed by atoms with E-state index in [0.29, 0.717) is 11.1 Å². The van der Waals surface area contributed by atoms with Gasteiger partial charge in [0.15, 0.2) is 0 Å². The smallest absolute Gasteiger partial charge is 0.126 e. The molecule has 0 saturated carbocycles. The molecule has 0 saturated heterocycles. The topological polar surface area (TPSA) is 20.2 Å². The number of halogens is 2. The average molecular weight is 189 g/mol. The van der Waals surface area contributed by atoms with Crippen LogP contribution in [0.25, 0.3) is 0 Å². The molecule has 0 amide bonds. The fraction of sp³-hybridized carbons (Fsp3) is 0.333. The summed E-state index contributed by atoms with van der Waals surface area (Å²) in [5.41, 5.74) is 1.09. The first-order valence-electron chi connectivity index (χ1n) is 3.65. The summed E-state index contributed by atoms with van der Waals surface area (Å²) in [6.07, 6.45) is -0.776. The molecule has 12 heavy (non-hydrogen) atoms. The van der Waals surface area contributed by atoms with Crippen molar-refractivity contribution in [1.29, 1.82) is 0 Å². The van der Waals surface area contributed by atoms with Gasteiger partial charge in [-0.15, -0.1) is 11.6 Å². The van der Waals surface area contributed by atoms with E-state index in [4.69, 9.17) is 11.6 Å². The third-order valence-corrected chi connectivity index (χ3v) is 2.02. The molecule has 1 nitrogen and oxygen atoms in total. The first-order chi connectivity index (χ1) is 5.65. The van der Waals surface area contributed by atoms with Gasteiger partial charge < -0.3 is 5.11 Å². The lowest BCUT2D eigenvalue weighted by Crippen LogP contribution is -1.99. The van der Waals surface area contributed by atoms with Gasteiger partial charge in [-0.3, -0.25) is 0 Å². The van der Waals surface area contributed by atoms with Crippen LogP contribution >= 0.6 is 11.6 Å². The molecule has 0 radical (unpaired) electrons. The molecule has 1 aromatic carbocycles. The normalized spacial score (nSPS) is 13.0. The zero-order chi connectivity index (χ0) is 9.14. The fourth-order valence-corrected chi connectivity index (χ4v) is 1.08. The Morgan fingerprint density at radius 3 is 2.75 bits per heavy atom. The van der Waals surface area contributed by atoms with E-state index in [1.54, 1.807) is 19.1 Å². The van der Waals surface area contributed by atoms with Crippen molar-refractivity contribution >= 4 is 11.6 Å². The quantitative estimate of drug-likeness (QED) is 0.707. The second-order valence-corrected chi connectivity index (χ2v) is 2.99. The van der Waals surface area contributed by atoms with Crippen molar-refractivity contribution in [3.8, 4) is 0 Å². The highest BCUT2D eigenvalue weighted by atomic mass is 35.5. The Balaban J connectivity index is 2.96. The van der Waals surface area contributed by atoms with Crippen molar-refractivity contribution in [2.45, 2.75) is 13.0 Å². The first kappa shape index (κ1) is 9.49. The minimum atomic E-state index is -0.776. The monoisotopic (exact) mass is 188 g/mol. The number of aliphatic hydroxyl groups is 1. The van der Waals surface area contributed by atoms with Gasteiger partial charge in [0.05, 0.1) is 12.0 Å². The molecule has 1 unspecified atom stereocenters. The Labute approximate surface area is 75.8 Å². The maximum absolute atomic E-state index is 12.9. The molecular weight excluding hydrogens is 179 g/mol. The summed E-state index contributed by atoms with van der Waals surface area (Å²) in [7, 11) is 0. The SMILES string of the molecule is Cc1ccc(C(O)CCl)cc1F. The Morgan fingerprint density at radius 1 is 1.58 bits per heavy atom. The van der Waals surface area contributed by atoms with Gasteiger partial charge >= 0.3 is 0 Å². The minimum Gasteiger partial charge on any atom is -0.387 e. The van der Waals surface area contributed by atoms with Crippen molar-refractivity contribution < 1.29 is 9.50 Å². The Morgan fingerprint density at radius 2 is 2.25 bits per heavy atom. The van der Waals surface area contributed by atoms with Crippen LogP contribution in [0.1, 0.15) is 17.2 Å². The van der Waals surface area contributed by atoms with Crippen LogP contribution in [0.5, 0.6) is 0 Å². The molecule has 1 N–H and O–H groups in total. The first-order valence-corrected chi connectivity index (χ1v) is 4.18. The molecule has 1 atom stereocenters. The summed E-state index contributed by atoms with van der Waals surface area (Å²) in [6.45, 7) is 1.67. The van der Waals surface area contributed by atoms with Crippen LogP contribution in [-0.2, 0) is 0 Å². The summed E-state index contributed by atoms with van der Waals surface area (Å²) in [5.74, 6) is -0.223. The van der Waals surface area contributed by atoms with E-state index in [9.17, 15) is 9.50 Å². The number of aliphatic hydroxyl groups excluding tert-OH is 1. The number of benzene rings is 1. The number of aryl methyl sites for hydroxylation is 1. The van der Waals surface area contributed by atoms with Gasteiger partial charge in [-0.25, -0.2) is 4.39 Å². The predicted molar refractivity (Wildman–Crippen MR) is 46.8 cm³/mol. The molecule has 0 aromatic heterocycles. The van der Waals surface area contributed by atoms with E-state index in [-0.39, 0.29) is 11.7 Å². The van der Waals surface area contributed by atoms with E-state index >= 15 is 0 Å². The fourth-order valence-electron chi connectivity index (χ4n) is 0.905. The number of rotatable bonds is 2. The molecule has 0 spiro atoms. The van der Waals surface area contributed by atoms with E-state index < -0.39 is 6.10 Å². The maximum atomic E-state index is 12.9. The van der Waals surface area contributed by atoms with Gasteiger partial charge in [0, 0.05) is 0 Å². The van der Waals surface area contributed by atoms with E-state index in [2.05, 4.69) is 0 Å². The average Bonchev–Trinajstić information content (AvgIpc) is 2.08. The van der Waals surface area contributed by atoms with Crippen LogP contribution in [0, 0.1) is 12.7 Å². The minimum absolute atomic E-state index is 0.0858. The maximum Gasteiger partial charge on any atom is 0.126 e. The molecule has 0 aliphatic carbocycles. The second kappa shape index (κ2) is 3.87. The number of hydrogen-bond donors (Lipinski definition) is 1. The van der Waals surface area contributed by atoms with E-state index in [1.165, 1.54) is 6.07 Å². The largest absolute Gasteiger partial charge is 0.387 e. The van der Waals surface area contributed by atoms with Crippen molar-refractivity contribution in [2.24, 2.45) is 0 Å². The summed E-state index contributed by atoms with van der Waals surface area (Å²) in [5, 5.41) is 9.25. The number of alkyl halides is 1. The van der Waals surface area contributed by atoms with Crippen molar-refractivity contribution in [3.05, 3.63) is 35.1 Å². The molecule has 0 aliphatic rings. The number of hydrogen-bond acceptors (Lipinski definition) is 1. The van der Waals surface area contributed by atoms with Crippen LogP contribution in [0.15, 0.2) is 18.2 Å². The molecule has 0 heterocycles. The lowest BCUT2D eigenvalue weighted by atomic mass is 10.1. The van der Waals surface area contributed by atoms with Gasteiger partial charge in [0.1, 0.15) is 5.82 Å². The van der Waals surface area contributed by atoms with Gasteiger partial charge in [-0.1, -0.05) is 12.1 Å². The molecule has 3 heteroatoms. The van der Waals surface area contributed by atoms with Crippen molar-refractivity contribution in [2.75, 3.05) is 5.88 Å². The lowest BCUT2D eigenvalue weighted by molar-refractivity contribution is 0.202. The van der Waals surface area contributed by atoms with Crippen molar-refractivity contribution in [1.82, 2.24) is 0 Å². The highest BCUT2D eigenvalue weighted by Crippen LogP contribution is 2.17. The van der Waals surface area contributed by atoms with Crippen LogP contribution in [0.2, 0.25) is 0 Å². The molecule has 66 valence electrons. The zero-order valence-corrected chi connectivity index (χ0v) is 7.48. The van der Waals surface area contributed by atoms with Gasteiger partial charge in [0.25, 0.3) is 0 Å². The Bertz CT molecular complexity index is 275. The summed E-state index contributed by atoms with van der Waals surface area (Å²) in [4.78, 5) is 0. The summed E-state index contributed by atoms with van der Waals surface area (Å²) >= 11 is 5.41. The van der Waals surface area contributed by atoms with Gasteiger partial charge in [-0.05, 0) is 24.1 Å². The summed E-state index contributed by atoms with van der Waals surface area (Å²) < 4.78 is 12.9. The molecule has 1 rings (SSSR count). The summed E-state index contributed by atoms with van der Waals surface area (Å²) in [6, 6.07) is 4.61. The van der Waals surface area contributed by atoms with Crippen LogP contribution in [0.3, 0.4) is 0 Å². The van der Waals surface area contributed by atoms with E-state index in [1.807, 2.05) is 0 Å². The third kappa shape index (κ3) is 1.96. The molecule has 1 aromatic rings. The highest BCUT2D eigenvalue weighted by Gasteiger charge is 2.07. The standard InChI is InChI=1S/C9H10ClFO/c1-6-2-3-7(4-8(6)11)9(12)5-10/h2-4,9,12H,5H2,1H3. The lowest BCUT2D eigenvalue weighted by Gasteiger charge is -2.07. The van der Waals surface area contributed by atoms with Crippen LogP contribution in [-0.4, -0.2) is 11.0 Å². The predicted octanol–water partition coefficient (Wildman–Crippen LogP) is 2.41. The zero-order valence-electron chi connectivity index (χ0n) is 6.72. The third-order valence-electron chi connectivity index (χ3n) is 1.73. The van der Waals surface area contributed by atoms with E-state index in [0.717, 1.165) is 0 Å². The molecule has 0 bridgehead atoms. The molecule has 0 aliphatic heterocycles.